The quantitative estimate of drug-likeness (QED) is 0.488. The van der Waals surface area contributed by atoms with Gasteiger partial charge in [-0.3, -0.25) is 10.1 Å². The molecule has 0 fully saturated rings. The Kier molecular flexibility index (Phi) is 3.84. The molecule has 0 unspecified atom stereocenters. The maximum atomic E-state index is 12.0. The van der Waals surface area contributed by atoms with E-state index < -0.39 is 10.9 Å². The van der Waals surface area contributed by atoms with Crippen LogP contribution in [0.4, 0.5) is 5.69 Å². The number of ether oxygens (including phenoxy) is 1. The van der Waals surface area contributed by atoms with E-state index in [1.54, 1.807) is 38.2 Å². The summed E-state index contributed by atoms with van der Waals surface area (Å²) in [5.41, 5.74) is 0.978. The molecule has 1 heterocycles. The van der Waals surface area contributed by atoms with Gasteiger partial charge in [-0.2, -0.15) is 0 Å². The van der Waals surface area contributed by atoms with E-state index in [9.17, 15) is 14.9 Å². The molecule has 0 amide bonds. The van der Waals surface area contributed by atoms with Crippen LogP contribution in [-0.4, -0.2) is 22.1 Å². The zero-order valence-electron chi connectivity index (χ0n) is 11.2. The van der Waals surface area contributed by atoms with Crippen molar-refractivity contribution in [3.63, 3.8) is 0 Å². The van der Waals surface area contributed by atoms with E-state index in [2.05, 4.69) is 0 Å². The van der Waals surface area contributed by atoms with Crippen molar-refractivity contribution >= 4 is 11.7 Å². The summed E-state index contributed by atoms with van der Waals surface area (Å²) in [6, 6.07) is 8.79. The topological polar surface area (TPSA) is 74.4 Å². The van der Waals surface area contributed by atoms with E-state index in [4.69, 9.17) is 4.74 Å². The Hall–Kier alpha value is -2.63. The van der Waals surface area contributed by atoms with Crippen LogP contribution in [0.1, 0.15) is 17.4 Å². The van der Waals surface area contributed by atoms with Crippen LogP contribution in [0.2, 0.25) is 0 Å². The molecule has 0 radical (unpaired) electrons. The highest BCUT2D eigenvalue weighted by atomic mass is 16.6. The van der Waals surface area contributed by atoms with Gasteiger partial charge >= 0.3 is 5.97 Å². The standard InChI is InChI=1S/C14H14N2O4/c1-3-20-14(17)13-12(10-7-5-4-6-8-10)11(16(18)19)9-15(13)2/h4-9H,3H2,1-2H3. The Morgan fingerprint density at radius 2 is 2.00 bits per heavy atom. The van der Waals surface area contributed by atoms with Crippen molar-refractivity contribution in [2.45, 2.75) is 6.92 Å². The summed E-state index contributed by atoms with van der Waals surface area (Å²) in [6.45, 7) is 1.91. The number of esters is 1. The van der Waals surface area contributed by atoms with Gasteiger partial charge in [0.15, 0.2) is 0 Å². The van der Waals surface area contributed by atoms with Crippen molar-refractivity contribution in [2.75, 3.05) is 6.61 Å². The summed E-state index contributed by atoms with van der Waals surface area (Å²) in [7, 11) is 1.59. The first-order valence-corrected chi connectivity index (χ1v) is 6.12. The van der Waals surface area contributed by atoms with Crippen LogP contribution in [0.3, 0.4) is 0 Å². The number of hydrogen-bond donors (Lipinski definition) is 0. The number of hydrogen-bond acceptors (Lipinski definition) is 4. The largest absolute Gasteiger partial charge is 0.461 e. The van der Waals surface area contributed by atoms with Gasteiger partial charge in [0.05, 0.1) is 23.3 Å². The number of benzene rings is 1. The van der Waals surface area contributed by atoms with Gasteiger partial charge in [0.1, 0.15) is 5.69 Å². The summed E-state index contributed by atoms with van der Waals surface area (Å²) < 4.78 is 6.41. The van der Waals surface area contributed by atoms with Gasteiger partial charge in [-0.1, -0.05) is 30.3 Å². The smallest absolute Gasteiger partial charge is 0.355 e. The minimum absolute atomic E-state index is 0.109. The first kappa shape index (κ1) is 13.8. The highest BCUT2D eigenvalue weighted by molar-refractivity contribution is 5.99. The normalized spacial score (nSPS) is 10.3. The third-order valence-electron chi connectivity index (χ3n) is 2.89. The summed E-state index contributed by atoms with van der Waals surface area (Å²) >= 11 is 0. The van der Waals surface area contributed by atoms with E-state index in [1.807, 2.05) is 6.07 Å². The molecule has 0 bridgehead atoms. The molecule has 0 atom stereocenters. The SMILES string of the molecule is CCOC(=O)c1c(-c2ccccc2)c([N+](=O)[O-])cn1C. The van der Waals surface area contributed by atoms with Crippen molar-refractivity contribution in [1.29, 1.82) is 0 Å². The third kappa shape index (κ3) is 2.40. The average molecular weight is 274 g/mol. The number of carbonyl (C=O) groups is 1. The van der Waals surface area contributed by atoms with Gasteiger partial charge in [0.2, 0.25) is 0 Å². The number of carbonyl (C=O) groups excluding carboxylic acids is 1. The molecule has 6 nitrogen and oxygen atoms in total. The molecular weight excluding hydrogens is 260 g/mol. The molecule has 0 aliphatic carbocycles. The number of aryl methyl sites for hydroxylation is 1. The first-order chi connectivity index (χ1) is 9.56. The number of nitro groups is 1. The highest BCUT2D eigenvalue weighted by Crippen LogP contribution is 2.34. The van der Waals surface area contributed by atoms with Crippen molar-refractivity contribution in [2.24, 2.45) is 7.05 Å². The molecule has 20 heavy (non-hydrogen) atoms. The minimum Gasteiger partial charge on any atom is -0.461 e. The van der Waals surface area contributed by atoms with Crippen molar-refractivity contribution in [1.82, 2.24) is 4.57 Å². The second-order valence-electron chi connectivity index (χ2n) is 4.19. The Morgan fingerprint density at radius 3 is 2.55 bits per heavy atom. The molecule has 0 saturated heterocycles. The van der Waals surface area contributed by atoms with Gasteiger partial charge in [-0.15, -0.1) is 0 Å². The first-order valence-electron chi connectivity index (χ1n) is 6.12. The Balaban J connectivity index is 2.68. The van der Waals surface area contributed by atoms with Crippen LogP contribution in [0.5, 0.6) is 0 Å². The predicted octanol–water partition coefficient (Wildman–Crippen LogP) is 2.78. The second kappa shape index (κ2) is 5.56. The van der Waals surface area contributed by atoms with E-state index in [-0.39, 0.29) is 23.6 Å². The van der Waals surface area contributed by atoms with E-state index in [0.717, 1.165) is 0 Å². The fourth-order valence-corrected chi connectivity index (χ4v) is 2.08. The van der Waals surface area contributed by atoms with E-state index in [0.29, 0.717) is 5.56 Å². The second-order valence-corrected chi connectivity index (χ2v) is 4.19. The highest BCUT2D eigenvalue weighted by Gasteiger charge is 2.28. The molecule has 0 aliphatic rings. The van der Waals surface area contributed by atoms with Gasteiger partial charge in [-0.25, -0.2) is 4.79 Å². The van der Waals surface area contributed by atoms with Crippen LogP contribution < -0.4 is 0 Å². The van der Waals surface area contributed by atoms with E-state index in [1.165, 1.54) is 10.8 Å². The molecule has 0 aliphatic heterocycles. The van der Waals surface area contributed by atoms with Gasteiger partial charge in [0, 0.05) is 7.05 Å². The summed E-state index contributed by atoms with van der Waals surface area (Å²) in [5, 5.41) is 11.2. The van der Waals surface area contributed by atoms with E-state index >= 15 is 0 Å². The number of rotatable bonds is 4. The van der Waals surface area contributed by atoms with Crippen LogP contribution in [0.15, 0.2) is 36.5 Å². The number of nitrogens with zero attached hydrogens (tertiary/aromatic N) is 2. The summed E-state index contributed by atoms with van der Waals surface area (Å²) in [6.07, 6.45) is 1.33. The Labute approximate surface area is 115 Å². The molecule has 0 spiro atoms. The fraction of sp³-hybridized carbons (Fsp3) is 0.214. The van der Waals surface area contributed by atoms with Crippen molar-refractivity contribution < 1.29 is 14.5 Å². The molecule has 0 N–H and O–H groups in total. The zero-order chi connectivity index (χ0) is 14.7. The lowest BCUT2D eigenvalue weighted by Crippen LogP contribution is -2.10. The van der Waals surface area contributed by atoms with Crippen LogP contribution in [0, 0.1) is 10.1 Å². The minimum atomic E-state index is -0.568. The third-order valence-corrected chi connectivity index (χ3v) is 2.89. The monoisotopic (exact) mass is 274 g/mol. The lowest BCUT2D eigenvalue weighted by Gasteiger charge is -2.06. The molecule has 104 valence electrons. The Morgan fingerprint density at radius 1 is 1.35 bits per heavy atom. The lowest BCUT2D eigenvalue weighted by atomic mass is 10.0. The van der Waals surface area contributed by atoms with Crippen molar-refractivity contribution in [3.05, 3.63) is 52.3 Å². The van der Waals surface area contributed by atoms with Crippen LogP contribution >= 0.6 is 0 Å². The average Bonchev–Trinajstić information content (AvgIpc) is 2.78. The summed E-state index contributed by atoms with van der Waals surface area (Å²) in [4.78, 5) is 22.7. The van der Waals surface area contributed by atoms with Crippen LogP contribution in [0.25, 0.3) is 11.1 Å². The van der Waals surface area contributed by atoms with Crippen molar-refractivity contribution in [3.8, 4) is 11.1 Å². The Bertz CT molecular complexity index is 647. The number of aromatic nitrogens is 1. The van der Waals surface area contributed by atoms with Gasteiger partial charge in [-0.05, 0) is 12.5 Å². The molecule has 6 heteroatoms. The van der Waals surface area contributed by atoms with Gasteiger partial charge in [0.25, 0.3) is 5.69 Å². The summed E-state index contributed by atoms with van der Waals surface area (Å²) in [5.74, 6) is -0.568. The fourth-order valence-electron chi connectivity index (χ4n) is 2.08. The van der Waals surface area contributed by atoms with Gasteiger partial charge < -0.3 is 9.30 Å². The molecule has 1 aromatic carbocycles. The molecule has 0 saturated carbocycles. The zero-order valence-corrected chi connectivity index (χ0v) is 11.2. The molecule has 1 aromatic heterocycles. The maximum absolute atomic E-state index is 12.0. The predicted molar refractivity (Wildman–Crippen MR) is 73.5 cm³/mol. The van der Waals surface area contributed by atoms with Crippen LogP contribution in [-0.2, 0) is 11.8 Å². The molecule has 2 aromatic rings. The lowest BCUT2D eigenvalue weighted by molar-refractivity contribution is -0.384. The maximum Gasteiger partial charge on any atom is 0.355 e. The molecule has 2 rings (SSSR count). The molecular formula is C14H14N2O4.